The van der Waals surface area contributed by atoms with E-state index in [4.69, 9.17) is 5.73 Å². The van der Waals surface area contributed by atoms with Crippen molar-refractivity contribution < 1.29 is 13.7 Å². The van der Waals surface area contributed by atoms with Crippen LogP contribution >= 0.6 is 0 Å². The van der Waals surface area contributed by atoms with Crippen LogP contribution in [0, 0.1) is 22.0 Å². The maximum atomic E-state index is 12.7. The zero-order valence-corrected chi connectivity index (χ0v) is 14.1. The van der Waals surface area contributed by atoms with Crippen LogP contribution in [0.5, 0.6) is 0 Å². The molecular formula is C16H12F2N8O2. The minimum Gasteiger partial charge on any atom is -0.382 e. The molecule has 0 fully saturated rings. The van der Waals surface area contributed by atoms with Gasteiger partial charge in [-0.25, -0.2) is 14.6 Å². The first-order chi connectivity index (χ1) is 13.4. The molecule has 142 valence electrons. The Morgan fingerprint density at radius 2 is 1.43 bits per heavy atom. The molecule has 0 saturated heterocycles. The summed E-state index contributed by atoms with van der Waals surface area (Å²) in [6.07, 6.45) is 5.68. The predicted octanol–water partition coefficient (Wildman–Crippen LogP) is 2.30. The second-order valence-corrected chi connectivity index (χ2v) is 5.23. The van der Waals surface area contributed by atoms with Crippen molar-refractivity contribution in [1.29, 1.82) is 0 Å². The summed E-state index contributed by atoms with van der Waals surface area (Å²) in [5, 5.41) is 17.9. The molecule has 0 atom stereocenters. The van der Waals surface area contributed by atoms with E-state index in [0.29, 0.717) is 17.2 Å². The standard InChI is InChI=1S/C8H5FN4O2.C8H7FN4/c9-7-5-6(1-3-10-7)12-4-2-8(11-12)13(14)15;9-7-5-6(1-3-11-7)13-4-2-8(10)12-13/h1-5H;1-5H,(H2,10,12). The molecule has 0 amide bonds. The summed E-state index contributed by atoms with van der Waals surface area (Å²) in [5.74, 6) is -1.08. The van der Waals surface area contributed by atoms with E-state index in [9.17, 15) is 18.9 Å². The van der Waals surface area contributed by atoms with Gasteiger partial charge < -0.3 is 15.8 Å². The van der Waals surface area contributed by atoms with Gasteiger partial charge in [0.2, 0.25) is 11.9 Å². The molecule has 4 heterocycles. The van der Waals surface area contributed by atoms with Gasteiger partial charge in [0.25, 0.3) is 0 Å². The molecule has 0 spiro atoms. The van der Waals surface area contributed by atoms with E-state index in [1.54, 1.807) is 18.3 Å². The normalized spacial score (nSPS) is 10.2. The summed E-state index contributed by atoms with van der Waals surface area (Å²) >= 11 is 0. The van der Waals surface area contributed by atoms with Crippen LogP contribution in [0.3, 0.4) is 0 Å². The van der Waals surface area contributed by atoms with E-state index >= 15 is 0 Å². The zero-order valence-electron chi connectivity index (χ0n) is 14.1. The van der Waals surface area contributed by atoms with Crippen LogP contribution in [0.15, 0.2) is 61.2 Å². The number of anilines is 1. The lowest BCUT2D eigenvalue weighted by Crippen LogP contribution is -1.97. The minimum atomic E-state index is -0.661. The first-order valence-electron chi connectivity index (χ1n) is 7.67. The van der Waals surface area contributed by atoms with Gasteiger partial charge in [-0.05, 0) is 17.1 Å². The number of halogens is 2. The van der Waals surface area contributed by atoms with Crippen molar-refractivity contribution in [2.75, 3.05) is 5.73 Å². The molecule has 0 bridgehead atoms. The maximum absolute atomic E-state index is 12.7. The number of nitrogen functional groups attached to an aromatic ring is 1. The van der Waals surface area contributed by atoms with Crippen molar-refractivity contribution in [2.24, 2.45) is 0 Å². The summed E-state index contributed by atoms with van der Waals surface area (Å²) in [4.78, 5) is 16.5. The average molecular weight is 386 g/mol. The molecule has 4 aromatic rings. The number of hydrogen-bond acceptors (Lipinski definition) is 7. The molecule has 0 radical (unpaired) electrons. The minimum absolute atomic E-state index is 0.285. The van der Waals surface area contributed by atoms with Crippen molar-refractivity contribution in [3.8, 4) is 11.4 Å². The summed E-state index contributed by atoms with van der Waals surface area (Å²) in [7, 11) is 0. The zero-order chi connectivity index (χ0) is 20.1. The number of pyridine rings is 2. The van der Waals surface area contributed by atoms with Gasteiger partial charge in [-0.3, -0.25) is 0 Å². The molecule has 0 unspecified atom stereocenters. The summed E-state index contributed by atoms with van der Waals surface area (Å²) in [6, 6.07) is 8.44. The van der Waals surface area contributed by atoms with E-state index in [1.807, 2.05) is 0 Å². The van der Waals surface area contributed by atoms with E-state index < -0.39 is 16.8 Å². The molecule has 2 N–H and O–H groups in total. The summed E-state index contributed by atoms with van der Waals surface area (Å²) < 4.78 is 28.1. The van der Waals surface area contributed by atoms with E-state index in [0.717, 1.165) is 6.07 Å². The molecule has 4 rings (SSSR count). The molecule has 0 aliphatic rings. The van der Waals surface area contributed by atoms with Gasteiger partial charge in [0.1, 0.15) is 5.82 Å². The number of rotatable bonds is 3. The van der Waals surface area contributed by atoms with Crippen molar-refractivity contribution in [1.82, 2.24) is 29.5 Å². The molecule has 0 aromatic carbocycles. The van der Waals surface area contributed by atoms with Crippen LogP contribution in [0.1, 0.15) is 0 Å². The maximum Gasteiger partial charge on any atom is 0.390 e. The molecule has 10 nitrogen and oxygen atoms in total. The van der Waals surface area contributed by atoms with E-state index in [1.165, 1.54) is 46.2 Å². The monoisotopic (exact) mass is 386 g/mol. The lowest BCUT2D eigenvalue weighted by atomic mass is 10.4. The molecule has 0 saturated carbocycles. The summed E-state index contributed by atoms with van der Waals surface area (Å²) in [5.41, 5.74) is 6.40. The fourth-order valence-corrected chi connectivity index (χ4v) is 2.11. The highest BCUT2D eigenvalue weighted by molar-refractivity contribution is 5.33. The van der Waals surface area contributed by atoms with E-state index in [-0.39, 0.29) is 5.82 Å². The van der Waals surface area contributed by atoms with E-state index in [2.05, 4.69) is 20.2 Å². The Morgan fingerprint density at radius 3 is 1.86 bits per heavy atom. The Bertz CT molecular complexity index is 1110. The second-order valence-electron chi connectivity index (χ2n) is 5.23. The largest absolute Gasteiger partial charge is 0.390 e. The fourth-order valence-electron chi connectivity index (χ4n) is 2.11. The van der Waals surface area contributed by atoms with Gasteiger partial charge >= 0.3 is 5.82 Å². The van der Waals surface area contributed by atoms with Gasteiger partial charge in [-0.2, -0.15) is 13.9 Å². The molecule has 12 heteroatoms. The third kappa shape index (κ3) is 4.49. The van der Waals surface area contributed by atoms with Crippen LogP contribution in [0.4, 0.5) is 20.4 Å². The van der Waals surface area contributed by atoms with Crippen molar-refractivity contribution in [3.63, 3.8) is 0 Å². The highest BCUT2D eigenvalue weighted by atomic mass is 19.1. The molecule has 0 aliphatic carbocycles. The molecular weight excluding hydrogens is 374 g/mol. The van der Waals surface area contributed by atoms with Crippen LogP contribution in [-0.2, 0) is 0 Å². The van der Waals surface area contributed by atoms with Gasteiger partial charge in [0.05, 0.1) is 28.7 Å². The van der Waals surface area contributed by atoms with Crippen LogP contribution in [0.25, 0.3) is 11.4 Å². The predicted molar refractivity (Wildman–Crippen MR) is 93.7 cm³/mol. The van der Waals surface area contributed by atoms with Gasteiger partial charge in [-0.15, -0.1) is 4.68 Å². The number of aromatic nitrogens is 6. The first kappa shape index (κ1) is 18.6. The smallest absolute Gasteiger partial charge is 0.382 e. The van der Waals surface area contributed by atoms with Crippen molar-refractivity contribution in [3.05, 3.63) is 83.2 Å². The topological polar surface area (TPSA) is 131 Å². The van der Waals surface area contributed by atoms with Crippen molar-refractivity contribution in [2.45, 2.75) is 0 Å². The van der Waals surface area contributed by atoms with Crippen LogP contribution < -0.4 is 5.73 Å². The average Bonchev–Trinajstić information content (AvgIpc) is 3.32. The molecule has 28 heavy (non-hydrogen) atoms. The number of nitro groups is 1. The Morgan fingerprint density at radius 1 is 0.893 bits per heavy atom. The Hall–Kier alpha value is -4.22. The van der Waals surface area contributed by atoms with Gasteiger partial charge in [-0.1, -0.05) is 0 Å². The Balaban J connectivity index is 0.000000162. The molecule has 0 aliphatic heterocycles. The second kappa shape index (κ2) is 7.99. The number of hydrogen-bond donors (Lipinski definition) is 1. The molecule has 4 aromatic heterocycles. The SMILES string of the molecule is Nc1ccn(-c2ccnc(F)c2)n1.O=[N+]([O-])c1ccn(-c2ccnc(F)c2)n1. The lowest BCUT2D eigenvalue weighted by Gasteiger charge is -1.98. The van der Waals surface area contributed by atoms with Gasteiger partial charge in [0, 0.05) is 36.8 Å². The number of nitrogens with zero attached hydrogens (tertiary/aromatic N) is 7. The highest BCUT2D eigenvalue weighted by Crippen LogP contribution is 2.11. The van der Waals surface area contributed by atoms with Gasteiger partial charge in [0.15, 0.2) is 0 Å². The number of nitrogens with two attached hydrogens (primary N) is 1. The van der Waals surface area contributed by atoms with Crippen LogP contribution in [0.2, 0.25) is 0 Å². The quantitative estimate of drug-likeness (QED) is 0.325. The summed E-state index contributed by atoms with van der Waals surface area (Å²) in [6.45, 7) is 0. The highest BCUT2D eigenvalue weighted by Gasteiger charge is 2.12. The van der Waals surface area contributed by atoms with Crippen molar-refractivity contribution >= 4 is 11.6 Å². The third-order valence-electron chi connectivity index (χ3n) is 3.32. The fraction of sp³-hybridized carbons (Fsp3) is 0. The Kier molecular flexibility index (Phi) is 5.30. The van der Waals surface area contributed by atoms with Crippen LogP contribution in [-0.4, -0.2) is 34.5 Å². The third-order valence-corrected chi connectivity index (χ3v) is 3.32. The Labute approximate surface area is 156 Å². The first-order valence-corrected chi connectivity index (χ1v) is 7.67. The lowest BCUT2D eigenvalue weighted by molar-refractivity contribution is -0.389.